The molecule has 0 saturated heterocycles. The number of anilines is 1. The van der Waals surface area contributed by atoms with Crippen LogP contribution in [0.15, 0.2) is 36.8 Å². The van der Waals surface area contributed by atoms with Gasteiger partial charge in [0.2, 0.25) is 5.91 Å². The van der Waals surface area contributed by atoms with Gasteiger partial charge in [-0.25, -0.2) is 4.98 Å². The highest BCUT2D eigenvalue weighted by molar-refractivity contribution is 5.78. The maximum Gasteiger partial charge on any atom is 0.220 e. The van der Waals surface area contributed by atoms with Gasteiger partial charge < -0.3 is 15.6 Å². The maximum absolute atomic E-state index is 12.0. The van der Waals surface area contributed by atoms with E-state index in [1.54, 1.807) is 12.5 Å². The summed E-state index contributed by atoms with van der Waals surface area (Å²) in [6.07, 6.45) is 4.75. The van der Waals surface area contributed by atoms with Crippen molar-refractivity contribution in [3.8, 4) is 0 Å². The van der Waals surface area contributed by atoms with E-state index in [9.17, 15) is 4.79 Å². The Morgan fingerprint density at radius 2 is 2.30 bits per heavy atom. The Morgan fingerprint density at radius 1 is 1.40 bits per heavy atom. The van der Waals surface area contributed by atoms with Gasteiger partial charge in [-0.15, -0.1) is 0 Å². The normalized spacial score (nSPS) is 16.5. The van der Waals surface area contributed by atoms with Gasteiger partial charge in [0.15, 0.2) is 0 Å². The largest absolute Gasteiger partial charge is 0.384 e. The highest BCUT2D eigenvalue weighted by atomic mass is 16.1. The Morgan fingerprint density at radius 3 is 3.15 bits per heavy atom. The van der Waals surface area contributed by atoms with Crippen molar-refractivity contribution in [3.63, 3.8) is 0 Å². The first-order chi connectivity index (χ1) is 9.83. The molecule has 2 aromatic rings. The molecule has 1 amide bonds. The molecule has 1 unspecified atom stereocenters. The van der Waals surface area contributed by atoms with E-state index in [1.165, 1.54) is 5.56 Å². The zero-order valence-electron chi connectivity index (χ0n) is 11.2. The van der Waals surface area contributed by atoms with E-state index in [-0.39, 0.29) is 11.8 Å². The minimum atomic E-state index is 0.105. The fraction of sp³-hybridized carbons (Fsp3) is 0.333. The molecule has 1 atom stereocenters. The fourth-order valence-electron chi connectivity index (χ4n) is 2.59. The van der Waals surface area contributed by atoms with E-state index in [1.807, 2.05) is 12.1 Å². The Kier molecular flexibility index (Phi) is 3.67. The molecule has 3 rings (SSSR count). The van der Waals surface area contributed by atoms with Crippen molar-refractivity contribution in [1.82, 2.24) is 15.3 Å². The number of nitrogens with one attached hydrogen (secondary N) is 3. The van der Waals surface area contributed by atoms with Crippen LogP contribution in [-0.4, -0.2) is 29.0 Å². The van der Waals surface area contributed by atoms with Gasteiger partial charge in [0.05, 0.1) is 6.33 Å². The molecule has 0 saturated carbocycles. The summed E-state index contributed by atoms with van der Waals surface area (Å²) in [6, 6.07) is 8.19. The number of aromatic nitrogens is 2. The van der Waals surface area contributed by atoms with Gasteiger partial charge in [0.1, 0.15) is 0 Å². The second-order valence-corrected chi connectivity index (χ2v) is 5.05. The average molecular weight is 270 g/mol. The van der Waals surface area contributed by atoms with Crippen LogP contribution in [0.1, 0.15) is 23.6 Å². The third-order valence-electron chi connectivity index (χ3n) is 3.64. The summed E-state index contributed by atoms with van der Waals surface area (Å²) in [5.74, 6) is 0.381. The Bertz CT molecular complexity index is 579. The molecule has 1 aliphatic heterocycles. The number of aromatic amines is 1. The van der Waals surface area contributed by atoms with Crippen LogP contribution < -0.4 is 10.6 Å². The smallest absolute Gasteiger partial charge is 0.220 e. The number of hydrogen-bond donors (Lipinski definition) is 3. The first kappa shape index (κ1) is 12.7. The van der Waals surface area contributed by atoms with Crippen LogP contribution in [0.3, 0.4) is 0 Å². The Labute approximate surface area is 117 Å². The van der Waals surface area contributed by atoms with Crippen LogP contribution in [-0.2, 0) is 11.2 Å². The van der Waals surface area contributed by atoms with Crippen molar-refractivity contribution >= 4 is 11.6 Å². The molecule has 0 aliphatic carbocycles. The molecule has 1 aromatic heterocycles. The minimum absolute atomic E-state index is 0.105. The van der Waals surface area contributed by atoms with Gasteiger partial charge in [0, 0.05) is 49.4 Å². The van der Waals surface area contributed by atoms with Crippen molar-refractivity contribution in [2.24, 2.45) is 0 Å². The lowest BCUT2D eigenvalue weighted by Gasteiger charge is -2.10. The van der Waals surface area contributed by atoms with E-state index in [4.69, 9.17) is 0 Å². The molecule has 0 bridgehead atoms. The highest BCUT2D eigenvalue weighted by Gasteiger charge is 2.23. The summed E-state index contributed by atoms with van der Waals surface area (Å²) in [4.78, 5) is 18.9. The lowest BCUT2D eigenvalue weighted by Crippen LogP contribution is -2.27. The van der Waals surface area contributed by atoms with E-state index in [0.717, 1.165) is 24.3 Å². The van der Waals surface area contributed by atoms with Crippen molar-refractivity contribution < 1.29 is 4.79 Å². The molecule has 104 valence electrons. The summed E-state index contributed by atoms with van der Waals surface area (Å²) in [5.41, 5.74) is 3.44. The summed E-state index contributed by atoms with van der Waals surface area (Å²) in [5, 5.41) is 6.30. The predicted molar refractivity (Wildman–Crippen MR) is 77.6 cm³/mol. The Balaban J connectivity index is 1.48. The standard InChI is InChI=1S/C15H18N4O/c20-15(17-6-5-12-9-16-10-19-12)7-11-8-18-14-4-2-1-3-13(11)14/h1-4,9-11,18H,5-8H2,(H,16,19)(H,17,20). The molecular formula is C15H18N4O. The number of benzene rings is 1. The van der Waals surface area contributed by atoms with Gasteiger partial charge in [-0.1, -0.05) is 18.2 Å². The summed E-state index contributed by atoms with van der Waals surface area (Å²) < 4.78 is 0. The number of H-pyrrole nitrogens is 1. The van der Waals surface area contributed by atoms with Crippen LogP contribution >= 0.6 is 0 Å². The van der Waals surface area contributed by atoms with E-state index >= 15 is 0 Å². The summed E-state index contributed by atoms with van der Waals surface area (Å²) >= 11 is 0. The number of carbonyl (C=O) groups excluding carboxylic acids is 1. The van der Waals surface area contributed by atoms with Crippen LogP contribution in [0.5, 0.6) is 0 Å². The number of amides is 1. The number of carbonyl (C=O) groups is 1. The molecule has 5 heteroatoms. The fourth-order valence-corrected chi connectivity index (χ4v) is 2.59. The number of rotatable bonds is 5. The average Bonchev–Trinajstić information content (AvgIpc) is 3.09. The van der Waals surface area contributed by atoms with Crippen molar-refractivity contribution in [2.75, 3.05) is 18.4 Å². The maximum atomic E-state index is 12.0. The molecule has 5 nitrogen and oxygen atoms in total. The lowest BCUT2D eigenvalue weighted by atomic mass is 9.97. The second-order valence-electron chi connectivity index (χ2n) is 5.05. The van der Waals surface area contributed by atoms with Crippen molar-refractivity contribution in [3.05, 3.63) is 48.0 Å². The zero-order chi connectivity index (χ0) is 13.8. The molecule has 0 spiro atoms. The van der Waals surface area contributed by atoms with Gasteiger partial charge >= 0.3 is 0 Å². The quantitative estimate of drug-likeness (QED) is 0.774. The van der Waals surface area contributed by atoms with E-state index in [2.05, 4.69) is 32.7 Å². The molecule has 0 radical (unpaired) electrons. The molecular weight excluding hydrogens is 252 g/mol. The highest BCUT2D eigenvalue weighted by Crippen LogP contribution is 2.32. The third kappa shape index (κ3) is 2.82. The first-order valence-corrected chi connectivity index (χ1v) is 6.89. The first-order valence-electron chi connectivity index (χ1n) is 6.89. The molecule has 1 aliphatic rings. The Hall–Kier alpha value is -2.30. The third-order valence-corrected chi connectivity index (χ3v) is 3.64. The van der Waals surface area contributed by atoms with Crippen LogP contribution in [0, 0.1) is 0 Å². The number of imidazole rings is 1. The molecule has 3 N–H and O–H groups in total. The lowest BCUT2D eigenvalue weighted by molar-refractivity contribution is -0.121. The summed E-state index contributed by atoms with van der Waals surface area (Å²) in [7, 11) is 0. The van der Waals surface area contributed by atoms with E-state index < -0.39 is 0 Å². The predicted octanol–water partition coefficient (Wildman–Crippen LogP) is 1.67. The number of nitrogens with zero attached hydrogens (tertiary/aromatic N) is 1. The van der Waals surface area contributed by atoms with Crippen LogP contribution in [0.4, 0.5) is 5.69 Å². The number of fused-ring (bicyclic) bond motifs is 1. The van der Waals surface area contributed by atoms with Gasteiger partial charge in [-0.2, -0.15) is 0 Å². The van der Waals surface area contributed by atoms with Gasteiger partial charge in [-0.05, 0) is 11.6 Å². The number of para-hydroxylation sites is 1. The second kappa shape index (κ2) is 5.77. The molecule has 0 fully saturated rings. The van der Waals surface area contributed by atoms with Crippen LogP contribution in [0.2, 0.25) is 0 Å². The molecule has 2 heterocycles. The SMILES string of the molecule is O=C(CC1CNc2ccccc21)NCCc1cnc[nH]1. The number of hydrogen-bond acceptors (Lipinski definition) is 3. The van der Waals surface area contributed by atoms with Gasteiger partial charge in [0.25, 0.3) is 0 Å². The van der Waals surface area contributed by atoms with Crippen molar-refractivity contribution in [2.45, 2.75) is 18.8 Å². The van der Waals surface area contributed by atoms with E-state index in [0.29, 0.717) is 13.0 Å². The zero-order valence-corrected chi connectivity index (χ0v) is 11.2. The van der Waals surface area contributed by atoms with Gasteiger partial charge in [-0.3, -0.25) is 4.79 Å². The minimum Gasteiger partial charge on any atom is -0.384 e. The topological polar surface area (TPSA) is 69.8 Å². The molecule has 20 heavy (non-hydrogen) atoms. The monoisotopic (exact) mass is 270 g/mol. The molecule has 1 aromatic carbocycles. The summed E-state index contributed by atoms with van der Waals surface area (Å²) in [6.45, 7) is 1.48. The van der Waals surface area contributed by atoms with Crippen LogP contribution in [0.25, 0.3) is 0 Å². The van der Waals surface area contributed by atoms with Crippen molar-refractivity contribution in [1.29, 1.82) is 0 Å².